The fraction of sp³-hybridized carbons (Fsp3) is 0. The Balaban J connectivity index is 1.70. The van der Waals surface area contributed by atoms with Gasteiger partial charge in [0.25, 0.3) is 5.91 Å². The van der Waals surface area contributed by atoms with E-state index >= 15 is 0 Å². The van der Waals surface area contributed by atoms with Gasteiger partial charge in [-0.25, -0.2) is 0 Å². The first-order chi connectivity index (χ1) is 11.0. The van der Waals surface area contributed by atoms with Crippen LogP contribution < -0.4 is 10.6 Å². The predicted octanol–water partition coefficient (Wildman–Crippen LogP) is 4.87. The number of carbonyl (C=O) groups is 1. The van der Waals surface area contributed by atoms with Gasteiger partial charge in [0.15, 0.2) is 10.9 Å². The summed E-state index contributed by atoms with van der Waals surface area (Å²) in [5.74, 6) is -0.258. The van der Waals surface area contributed by atoms with Gasteiger partial charge >= 0.3 is 0 Å². The largest absolute Gasteiger partial charge is 0.451 e. The molecule has 2 aromatic carbocycles. The Hall–Kier alpha value is -2.08. The molecule has 1 heterocycles. The molecule has 0 radical (unpaired) electrons. The molecule has 0 unspecified atom stereocenters. The number of anilines is 1. The number of furan rings is 1. The molecule has 2 N–H and O–H groups in total. The number of rotatable bonds is 2. The van der Waals surface area contributed by atoms with E-state index in [2.05, 4.69) is 10.6 Å². The molecular weight excluding hydrogens is 355 g/mol. The lowest BCUT2D eigenvalue weighted by molar-refractivity contribution is 0.0953. The summed E-state index contributed by atoms with van der Waals surface area (Å²) < 4.78 is 5.48. The van der Waals surface area contributed by atoms with Gasteiger partial charge in [0.05, 0.1) is 0 Å². The standard InChI is InChI=1S/C16H10Cl2N2O2S/c17-10-6-11(18)8-12(7-10)19-16(23)20-15(21)14-5-9-3-1-2-4-13(9)22-14/h1-8H,(H2,19,20,21,23). The van der Waals surface area contributed by atoms with Crippen LogP contribution in [0.3, 0.4) is 0 Å². The van der Waals surface area contributed by atoms with E-state index < -0.39 is 5.91 Å². The maximum absolute atomic E-state index is 12.2. The summed E-state index contributed by atoms with van der Waals surface area (Å²) >= 11 is 16.9. The number of halogens is 2. The number of fused-ring (bicyclic) bond motifs is 1. The third kappa shape index (κ3) is 3.82. The highest BCUT2D eigenvalue weighted by molar-refractivity contribution is 7.80. The average molecular weight is 365 g/mol. The Morgan fingerprint density at radius 3 is 2.43 bits per heavy atom. The van der Waals surface area contributed by atoms with E-state index in [1.807, 2.05) is 18.2 Å². The third-order valence-corrected chi connectivity index (χ3v) is 3.64. The van der Waals surface area contributed by atoms with Crippen LogP contribution in [0.4, 0.5) is 5.69 Å². The van der Waals surface area contributed by atoms with Gasteiger partial charge < -0.3 is 9.73 Å². The van der Waals surface area contributed by atoms with Crippen molar-refractivity contribution >= 4 is 63.1 Å². The van der Waals surface area contributed by atoms with E-state index in [9.17, 15) is 4.79 Å². The minimum absolute atomic E-state index is 0.119. The van der Waals surface area contributed by atoms with Gasteiger partial charge in [-0.2, -0.15) is 0 Å². The van der Waals surface area contributed by atoms with Gasteiger partial charge in [-0.05, 0) is 42.5 Å². The lowest BCUT2D eigenvalue weighted by atomic mass is 10.2. The van der Waals surface area contributed by atoms with Gasteiger partial charge in [0.2, 0.25) is 0 Å². The van der Waals surface area contributed by atoms with E-state index in [4.69, 9.17) is 39.8 Å². The second-order valence-corrected chi connectivity index (χ2v) is 6.00. The fourth-order valence-corrected chi connectivity index (χ4v) is 2.78. The van der Waals surface area contributed by atoms with Crippen LogP contribution in [0, 0.1) is 0 Å². The quantitative estimate of drug-likeness (QED) is 0.637. The summed E-state index contributed by atoms with van der Waals surface area (Å²) in [7, 11) is 0. The van der Waals surface area contributed by atoms with Gasteiger partial charge in [0.1, 0.15) is 5.58 Å². The zero-order valence-corrected chi connectivity index (χ0v) is 13.9. The van der Waals surface area contributed by atoms with E-state index in [-0.39, 0.29) is 10.9 Å². The van der Waals surface area contributed by atoms with Crippen LogP contribution in [0.15, 0.2) is 52.9 Å². The van der Waals surface area contributed by atoms with E-state index in [1.54, 1.807) is 30.3 Å². The second kappa shape index (κ2) is 6.58. The summed E-state index contributed by atoms with van der Waals surface area (Å²) in [4.78, 5) is 12.2. The monoisotopic (exact) mass is 364 g/mol. The summed E-state index contributed by atoms with van der Waals surface area (Å²) in [5.41, 5.74) is 1.22. The highest BCUT2D eigenvalue weighted by atomic mass is 35.5. The van der Waals surface area contributed by atoms with Crippen LogP contribution in [0.25, 0.3) is 11.0 Å². The Morgan fingerprint density at radius 2 is 1.74 bits per heavy atom. The molecule has 0 fully saturated rings. The summed E-state index contributed by atoms with van der Waals surface area (Å²) in [5, 5.41) is 7.29. The minimum Gasteiger partial charge on any atom is -0.451 e. The molecule has 0 bridgehead atoms. The Morgan fingerprint density at radius 1 is 1.04 bits per heavy atom. The highest BCUT2D eigenvalue weighted by Gasteiger charge is 2.13. The van der Waals surface area contributed by atoms with Crippen LogP contribution in [0.2, 0.25) is 10.0 Å². The molecule has 23 heavy (non-hydrogen) atoms. The molecule has 3 aromatic rings. The molecule has 116 valence electrons. The smallest absolute Gasteiger partial charge is 0.293 e. The number of hydrogen-bond donors (Lipinski definition) is 2. The van der Waals surface area contributed by atoms with Crippen LogP contribution in [0.5, 0.6) is 0 Å². The summed E-state index contributed by atoms with van der Waals surface area (Å²) in [6.45, 7) is 0. The number of amides is 1. The molecule has 0 aliphatic rings. The highest BCUT2D eigenvalue weighted by Crippen LogP contribution is 2.22. The second-order valence-electron chi connectivity index (χ2n) is 4.71. The average Bonchev–Trinajstić information content (AvgIpc) is 2.89. The molecule has 3 rings (SSSR count). The number of carbonyl (C=O) groups excluding carboxylic acids is 1. The summed E-state index contributed by atoms with van der Waals surface area (Å²) in [6.07, 6.45) is 0. The molecule has 0 aliphatic heterocycles. The zero-order chi connectivity index (χ0) is 16.4. The molecule has 0 saturated carbocycles. The van der Waals surface area contributed by atoms with E-state index in [0.717, 1.165) is 5.39 Å². The Labute approximate surface area is 147 Å². The predicted molar refractivity (Wildman–Crippen MR) is 96.4 cm³/mol. The van der Waals surface area contributed by atoms with Gasteiger partial charge in [-0.15, -0.1) is 0 Å². The number of thiocarbonyl (C=S) groups is 1. The lowest BCUT2D eigenvalue weighted by Gasteiger charge is -2.09. The molecule has 1 amide bonds. The normalized spacial score (nSPS) is 10.5. The molecule has 1 aromatic heterocycles. The van der Waals surface area contributed by atoms with Crippen molar-refractivity contribution in [1.29, 1.82) is 0 Å². The molecule has 7 heteroatoms. The number of hydrogen-bond acceptors (Lipinski definition) is 3. The van der Waals surface area contributed by atoms with Crippen molar-refractivity contribution in [3.63, 3.8) is 0 Å². The molecule has 0 spiro atoms. The first-order valence-electron chi connectivity index (χ1n) is 6.58. The minimum atomic E-state index is -0.438. The van der Waals surface area contributed by atoms with Crippen molar-refractivity contribution in [3.05, 3.63) is 64.3 Å². The number of para-hydroxylation sites is 1. The van der Waals surface area contributed by atoms with Crippen molar-refractivity contribution in [2.75, 3.05) is 5.32 Å². The molecule has 0 aliphatic carbocycles. The van der Waals surface area contributed by atoms with Crippen LogP contribution in [-0.4, -0.2) is 11.0 Å². The van der Waals surface area contributed by atoms with Crippen LogP contribution in [0.1, 0.15) is 10.6 Å². The number of benzene rings is 2. The fourth-order valence-electron chi connectivity index (χ4n) is 2.05. The first-order valence-corrected chi connectivity index (χ1v) is 7.75. The van der Waals surface area contributed by atoms with Gasteiger partial charge in [-0.3, -0.25) is 10.1 Å². The molecule has 4 nitrogen and oxygen atoms in total. The van der Waals surface area contributed by atoms with Crippen molar-refractivity contribution in [1.82, 2.24) is 5.32 Å². The maximum Gasteiger partial charge on any atom is 0.293 e. The Bertz CT molecular complexity index is 855. The van der Waals surface area contributed by atoms with E-state index in [1.165, 1.54) is 0 Å². The lowest BCUT2D eigenvalue weighted by Crippen LogP contribution is -2.33. The van der Waals surface area contributed by atoms with Crippen LogP contribution in [-0.2, 0) is 0 Å². The van der Waals surface area contributed by atoms with Gasteiger partial charge in [-0.1, -0.05) is 41.4 Å². The third-order valence-electron chi connectivity index (χ3n) is 3.00. The van der Waals surface area contributed by atoms with Crippen molar-refractivity contribution < 1.29 is 9.21 Å². The molecule has 0 saturated heterocycles. The zero-order valence-electron chi connectivity index (χ0n) is 11.6. The maximum atomic E-state index is 12.2. The SMILES string of the molecule is O=C(NC(=S)Nc1cc(Cl)cc(Cl)c1)c1cc2ccccc2o1. The topological polar surface area (TPSA) is 54.3 Å². The van der Waals surface area contributed by atoms with Crippen molar-refractivity contribution in [3.8, 4) is 0 Å². The van der Waals surface area contributed by atoms with Gasteiger partial charge in [0, 0.05) is 21.1 Å². The van der Waals surface area contributed by atoms with Crippen LogP contribution >= 0.6 is 35.4 Å². The van der Waals surface area contributed by atoms with E-state index in [0.29, 0.717) is 21.3 Å². The number of nitrogens with one attached hydrogen (secondary N) is 2. The molecule has 0 atom stereocenters. The Kier molecular flexibility index (Phi) is 4.52. The summed E-state index contributed by atoms with van der Waals surface area (Å²) in [6, 6.07) is 13.9. The van der Waals surface area contributed by atoms with Crippen molar-refractivity contribution in [2.24, 2.45) is 0 Å². The molecular formula is C16H10Cl2N2O2S. The van der Waals surface area contributed by atoms with Crippen molar-refractivity contribution in [2.45, 2.75) is 0 Å². The first kappa shape index (κ1) is 15.8.